The molecule has 2 aromatic carbocycles. The van der Waals surface area contributed by atoms with Crippen molar-refractivity contribution < 1.29 is 13.9 Å². The van der Waals surface area contributed by atoms with Crippen LogP contribution in [-0.4, -0.2) is 41.7 Å². The molecule has 2 heterocycles. The van der Waals surface area contributed by atoms with Gasteiger partial charge in [0.05, 0.1) is 12.2 Å². The Hall–Kier alpha value is -2.67. The number of nitrogens with zero attached hydrogens (tertiary/aromatic N) is 2. The molecule has 2 aromatic rings. The van der Waals surface area contributed by atoms with Crippen molar-refractivity contribution in [2.75, 3.05) is 24.5 Å². The minimum absolute atomic E-state index is 0.0190. The maximum absolute atomic E-state index is 13.1. The molecule has 4 rings (SSSR count). The number of carbonyl (C=O) groups excluding carboxylic acids is 1. The van der Waals surface area contributed by atoms with Crippen LogP contribution in [0.1, 0.15) is 24.8 Å². The Labute approximate surface area is 175 Å². The smallest absolute Gasteiger partial charge is 0.265 e. The molecule has 1 atom stereocenters. The maximum atomic E-state index is 13.1. The van der Waals surface area contributed by atoms with Gasteiger partial charge in [-0.25, -0.2) is 4.39 Å². The van der Waals surface area contributed by atoms with Crippen molar-refractivity contribution in [3.05, 3.63) is 59.9 Å². The lowest BCUT2D eigenvalue weighted by Crippen LogP contribution is -2.54. The summed E-state index contributed by atoms with van der Waals surface area (Å²) < 4.78 is 19.2. The summed E-state index contributed by atoms with van der Waals surface area (Å²) >= 11 is 5.63. The molecule has 0 bridgehead atoms. The quantitative estimate of drug-likeness (QED) is 0.781. The van der Waals surface area contributed by atoms with Gasteiger partial charge in [-0.3, -0.25) is 4.79 Å². The third-order valence-corrected chi connectivity index (χ3v) is 5.68. The van der Waals surface area contributed by atoms with Gasteiger partial charge in [0.1, 0.15) is 11.6 Å². The van der Waals surface area contributed by atoms with E-state index in [1.807, 2.05) is 34.1 Å². The zero-order valence-corrected chi connectivity index (χ0v) is 17.0. The van der Waals surface area contributed by atoms with E-state index in [9.17, 15) is 9.18 Å². The van der Waals surface area contributed by atoms with E-state index in [4.69, 9.17) is 17.0 Å². The van der Waals surface area contributed by atoms with E-state index < -0.39 is 6.10 Å². The number of anilines is 1. The Morgan fingerprint density at radius 1 is 1.10 bits per heavy atom. The fourth-order valence-corrected chi connectivity index (χ4v) is 3.99. The Kier molecular flexibility index (Phi) is 5.94. The molecular weight excluding hydrogens is 389 g/mol. The molecule has 1 N–H and O–H groups in total. The van der Waals surface area contributed by atoms with Gasteiger partial charge in [0, 0.05) is 19.6 Å². The van der Waals surface area contributed by atoms with Gasteiger partial charge < -0.3 is 19.9 Å². The Morgan fingerprint density at radius 3 is 2.59 bits per heavy atom. The van der Waals surface area contributed by atoms with Crippen LogP contribution >= 0.6 is 12.2 Å². The number of hydrogen-bond acceptors (Lipinski definition) is 3. The summed E-state index contributed by atoms with van der Waals surface area (Å²) in [6.45, 7) is 2.41. The Morgan fingerprint density at radius 2 is 1.83 bits per heavy atom. The van der Waals surface area contributed by atoms with Crippen molar-refractivity contribution in [1.29, 1.82) is 0 Å². The molecule has 1 fully saturated rings. The van der Waals surface area contributed by atoms with E-state index in [0.717, 1.165) is 37.2 Å². The minimum atomic E-state index is -0.589. The standard InChI is InChI=1S/C22H24FN3O2S/c23-17-10-8-16(9-11-17)14-24-22(29)26-15-20(21(27)25-12-4-1-5-13-25)28-19-7-3-2-6-18(19)26/h2-3,6-11,20H,1,4-5,12-15H2,(H,24,29)/t20-/m0/s1. The van der Waals surface area contributed by atoms with E-state index in [-0.39, 0.29) is 11.7 Å². The summed E-state index contributed by atoms with van der Waals surface area (Å²) in [7, 11) is 0. The number of thiocarbonyl (C=S) groups is 1. The van der Waals surface area contributed by atoms with Crippen LogP contribution in [0.3, 0.4) is 0 Å². The van der Waals surface area contributed by atoms with Gasteiger partial charge in [-0.05, 0) is 61.3 Å². The first kappa shape index (κ1) is 19.6. The van der Waals surface area contributed by atoms with Gasteiger partial charge in [-0.15, -0.1) is 0 Å². The number of fused-ring (bicyclic) bond motifs is 1. The molecular formula is C22H24FN3O2S. The molecule has 1 amide bonds. The number of nitrogens with one attached hydrogen (secondary N) is 1. The SMILES string of the molecule is O=C([C@@H]1CN(C(=S)NCc2ccc(F)cc2)c2ccccc2O1)N1CCCCC1. The number of carbonyl (C=O) groups is 1. The number of para-hydroxylation sites is 2. The molecule has 2 aliphatic heterocycles. The van der Waals surface area contributed by atoms with Gasteiger partial charge in [0.25, 0.3) is 5.91 Å². The maximum Gasteiger partial charge on any atom is 0.265 e. The lowest BCUT2D eigenvalue weighted by molar-refractivity contribution is -0.139. The average molecular weight is 414 g/mol. The van der Waals surface area contributed by atoms with E-state index in [1.54, 1.807) is 12.1 Å². The molecule has 2 aliphatic rings. The molecule has 0 aliphatic carbocycles. The van der Waals surface area contributed by atoms with Gasteiger partial charge in [-0.1, -0.05) is 24.3 Å². The highest BCUT2D eigenvalue weighted by atomic mass is 32.1. The summed E-state index contributed by atoms with van der Waals surface area (Å²) in [6, 6.07) is 13.9. The zero-order valence-electron chi connectivity index (χ0n) is 16.1. The first-order valence-corrected chi connectivity index (χ1v) is 10.4. The topological polar surface area (TPSA) is 44.8 Å². The molecule has 5 nitrogen and oxygen atoms in total. The summed E-state index contributed by atoms with van der Waals surface area (Å²) in [5.74, 6) is 0.406. The molecule has 0 radical (unpaired) electrons. The second-order valence-corrected chi connectivity index (χ2v) is 7.74. The fourth-order valence-electron chi connectivity index (χ4n) is 3.75. The van der Waals surface area contributed by atoms with Gasteiger partial charge in [-0.2, -0.15) is 0 Å². The second-order valence-electron chi connectivity index (χ2n) is 7.36. The van der Waals surface area contributed by atoms with E-state index in [1.165, 1.54) is 18.6 Å². The number of hydrogen-bond donors (Lipinski definition) is 1. The van der Waals surface area contributed by atoms with Gasteiger partial charge >= 0.3 is 0 Å². The monoisotopic (exact) mass is 413 g/mol. The Bertz CT molecular complexity index is 884. The molecule has 0 unspecified atom stereocenters. The van der Waals surface area contributed by atoms with E-state index in [0.29, 0.717) is 24.0 Å². The molecule has 7 heteroatoms. The number of halogens is 1. The summed E-state index contributed by atoms with van der Waals surface area (Å²) in [5.41, 5.74) is 1.77. The highest BCUT2D eigenvalue weighted by Gasteiger charge is 2.35. The highest BCUT2D eigenvalue weighted by molar-refractivity contribution is 7.80. The lowest BCUT2D eigenvalue weighted by atomic mass is 10.1. The van der Waals surface area contributed by atoms with Crippen LogP contribution in [0.4, 0.5) is 10.1 Å². The number of likely N-dealkylation sites (tertiary alicyclic amines) is 1. The average Bonchev–Trinajstić information content (AvgIpc) is 2.78. The number of amides is 1. The first-order chi connectivity index (χ1) is 14.1. The number of piperidine rings is 1. The summed E-state index contributed by atoms with van der Waals surface area (Å²) in [5, 5.41) is 3.74. The van der Waals surface area contributed by atoms with Crippen molar-refractivity contribution in [2.45, 2.75) is 31.9 Å². The third-order valence-electron chi connectivity index (χ3n) is 5.32. The van der Waals surface area contributed by atoms with Gasteiger partial charge in [0.2, 0.25) is 0 Å². The van der Waals surface area contributed by atoms with E-state index in [2.05, 4.69) is 5.32 Å². The lowest BCUT2D eigenvalue weighted by Gasteiger charge is -2.38. The Balaban J connectivity index is 1.49. The number of rotatable bonds is 3. The van der Waals surface area contributed by atoms with Crippen molar-refractivity contribution in [2.24, 2.45) is 0 Å². The zero-order chi connectivity index (χ0) is 20.2. The van der Waals surface area contributed by atoms with Crippen molar-refractivity contribution in [3.8, 4) is 5.75 Å². The van der Waals surface area contributed by atoms with Crippen LogP contribution in [0.2, 0.25) is 0 Å². The number of ether oxygens (including phenoxy) is 1. The predicted octanol–water partition coefficient (Wildman–Crippen LogP) is 3.48. The molecule has 0 saturated carbocycles. The molecule has 0 spiro atoms. The van der Waals surface area contributed by atoms with Crippen LogP contribution in [0.25, 0.3) is 0 Å². The third kappa shape index (κ3) is 4.50. The summed E-state index contributed by atoms with van der Waals surface area (Å²) in [6.07, 6.45) is 2.66. The van der Waals surface area contributed by atoms with Crippen LogP contribution < -0.4 is 15.0 Å². The first-order valence-electron chi connectivity index (χ1n) is 9.96. The molecule has 1 saturated heterocycles. The van der Waals surface area contributed by atoms with Crippen LogP contribution in [0.15, 0.2) is 48.5 Å². The fraction of sp³-hybridized carbons (Fsp3) is 0.364. The van der Waals surface area contributed by atoms with Crippen molar-refractivity contribution in [3.63, 3.8) is 0 Å². The minimum Gasteiger partial charge on any atom is -0.476 e. The van der Waals surface area contributed by atoms with Crippen LogP contribution in [-0.2, 0) is 11.3 Å². The summed E-state index contributed by atoms with van der Waals surface area (Å²) in [4.78, 5) is 16.8. The van der Waals surface area contributed by atoms with Gasteiger partial charge in [0.15, 0.2) is 11.2 Å². The van der Waals surface area contributed by atoms with Crippen LogP contribution in [0, 0.1) is 5.82 Å². The van der Waals surface area contributed by atoms with Crippen LogP contribution in [0.5, 0.6) is 5.75 Å². The second kappa shape index (κ2) is 8.78. The largest absolute Gasteiger partial charge is 0.476 e. The predicted molar refractivity (Wildman–Crippen MR) is 114 cm³/mol. The molecule has 152 valence electrons. The highest BCUT2D eigenvalue weighted by Crippen LogP contribution is 2.33. The van der Waals surface area contributed by atoms with Crippen molar-refractivity contribution >= 4 is 28.9 Å². The molecule has 29 heavy (non-hydrogen) atoms. The molecule has 0 aromatic heterocycles. The van der Waals surface area contributed by atoms with E-state index >= 15 is 0 Å². The van der Waals surface area contributed by atoms with Crippen molar-refractivity contribution in [1.82, 2.24) is 10.2 Å². The normalized spacial score (nSPS) is 18.6. The number of benzene rings is 2.